The SMILES string of the molecule is CCOC(=O)C(=O)Cc1ccc(CC)cc1[N+](=O)[O-]. The zero-order chi connectivity index (χ0) is 14.4. The van der Waals surface area contributed by atoms with E-state index < -0.39 is 16.7 Å². The highest BCUT2D eigenvalue weighted by molar-refractivity contribution is 6.34. The second-order valence-electron chi connectivity index (χ2n) is 3.89. The summed E-state index contributed by atoms with van der Waals surface area (Å²) in [5.74, 6) is -1.74. The molecule has 1 rings (SSSR count). The van der Waals surface area contributed by atoms with E-state index in [1.807, 2.05) is 6.92 Å². The molecule has 0 atom stereocenters. The first kappa shape index (κ1) is 14.8. The highest BCUT2D eigenvalue weighted by atomic mass is 16.6. The van der Waals surface area contributed by atoms with Crippen LogP contribution in [0.5, 0.6) is 0 Å². The van der Waals surface area contributed by atoms with Gasteiger partial charge in [0.25, 0.3) is 5.69 Å². The van der Waals surface area contributed by atoms with E-state index in [9.17, 15) is 19.7 Å². The van der Waals surface area contributed by atoms with E-state index in [4.69, 9.17) is 0 Å². The van der Waals surface area contributed by atoms with E-state index in [0.717, 1.165) is 5.56 Å². The van der Waals surface area contributed by atoms with E-state index in [1.54, 1.807) is 13.0 Å². The Kier molecular flexibility index (Phi) is 5.17. The van der Waals surface area contributed by atoms with Crippen LogP contribution in [0.25, 0.3) is 0 Å². The first-order chi connectivity index (χ1) is 8.99. The highest BCUT2D eigenvalue weighted by Gasteiger charge is 2.21. The number of carbonyl (C=O) groups is 2. The van der Waals surface area contributed by atoms with Crippen LogP contribution in [-0.2, 0) is 27.2 Å². The molecule has 0 saturated carbocycles. The lowest BCUT2D eigenvalue weighted by Crippen LogP contribution is -2.19. The minimum Gasteiger partial charge on any atom is -0.460 e. The second kappa shape index (κ2) is 6.63. The van der Waals surface area contributed by atoms with E-state index in [2.05, 4.69) is 4.74 Å². The molecule has 0 aliphatic rings. The quantitative estimate of drug-likeness (QED) is 0.339. The highest BCUT2D eigenvalue weighted by Crippen LogP contribution is 2.21. The van der Waals surface area contributed by atoms with Crippen LogP contribution in [-0.4, -0.2) is 23.3 Å². The summed E-state index contributed by atoms with van der Waals surface area (Å²) < 4.78 is 4.56. The number of ketones is 1. The monoisotopic (exact) mass is 265 g/mol. The number of benzene rings is 1. The number of nitro groups is 1. The number of rotatable bonds is 6. The van der Waals surface area contributed by atoms with Crippen molar-refractivity contribution in [2.24, 2.45) is 0 Å². The molecular formula is C13H15NO5. The average molecular weight is 265 g/mol. The number of ether oxygens (including phenoxy) is 1. The average Bonchev–Trinajstić information content (AvgIpc) is 2.39. The van der Waals surface area contributed by atoms with Crippen molar-refractivity contribution in [1.82, 2.24) is 0 Å². The standard InChI is InChI=1S/C13H15NO5/c1-3-9-5-6-10(11(7-9)14(17)18)8-12(15)13(16)19-4-2/h5-7H,3-4,8H2,1-2H3. The summed E-state index contributed by atoms with van der Waals surface area (Å²) in [5, 5.41) is 10.9. The number of nitrogens with zero attached hydrogens (tertiary/aromatic N) is 1. The molecule has 0 spiro atoms. The van der Waals surface area contributed by atoms with Crippen LogP contribution < -0.4 is 0 Å². The Hall–Kier alpha value is -2.24. The summed E-state index contributed by atoms with van der Waals surface area (Å²) in [6.07, 6.45) is 0.339. The van der Waals surface area contributed by atoms with Crippen molar-refractivity contribution in [3.63, 3.8) is 0 Å². The molecule has 6 nitrogen and oxygen atoms in total. The van der Waals surface area contributed by atoms with Gasteiger partial charge in [0.1, 0.15) is 0 Å². The lowest BCUT2D eigenvalue weighted by molar-refractivity contribution is -0.385. The topological polar surface area (TPSA) is 86.5 Å². The first-order valence-corrected chi connectivity index (χ1v) is 5.95. The summed E-state index contributed by atoms with van der Waals surface area (Å²) in [4.78, 5) is 33.1. The molecule has 0 unspecified atom stereocenters. The van der Waals surface area contributed by atoms with Gasteiger partial charge in [0, 0.05) is 18.1 Å². The smallest absolute Gasteiger partial charge is 0.374 e. The fraction of sp³-hybridized carbons (Fsp3) is 0.385. The largest absolute Gasteiger partial charge is 0.460 e. The Morgan fingerprint density at radius 1 is 1.32 bits per heavy atom. The molecule has 0 fully saturated rings. The van der Waals surface area contributed by atoms with Crippen LogP contribution in [0.1, 0.15) is 25.0 Å². The third-order valence-corrected chi connectivity index (χ3v) is 2.61. The molecule has 0 N–H and O–H groups in total. The van der Waals surface area contributed by atoms with Crippen LogP contribution in [0, 0.1) is 10.1 Å². The number of esters is 1. The summed E-state index contributed by atoms with van der Waals surface area (Å²) in [6, 6.07) is 4.64. The van der Waals surface area contributed by atoms with Crippen LogP contribution in [0.3, 0.4) is 0 Å². The lowest BCUT2D eigenvalue weighted by atomic mass is 10.0. The predicted octanol–water partition coefficient (Wildman–Crippen LogP) is 1.83. The summed E-state index contributed by atoms with van der Waals surface area (Å²) in [6.45, 7) is 3.56. The number of hydrogen-bond donors (Lipinski definition) is 0. The summed E-state index contributed by atoms with van der Waals surface area (Å²) >= 11 is 0. The second-order valence-corrected chi connectivity index (χ2v) is 3.89. The third kappa shape index (κ3) is 3.87. The van der Waals surface area contributed by atoms with Gasteiger partial charge in [0.05, 0.1) is 11.5 Å². The Labute approximate surface area is 110 Å². The van der Waals surface area contributed by atoms with Crippen molar-refractivity contribution in [3.05, 3.63) is 39.4 Å². The van der Waals surface area contributed by atoms with Gasteiger partial charge >= 0.3 is 5.97 Å². The first-order valence-electron chi connectivity index (χ1n) is 5.95. The lowest BCUT2D eigenvalue weighted by Gasteiger charge is -2.04. The molecule has 0 heterocycles. The van der Waals surface area contributed by atoms with Gasteiger partial charge in [-0.05, 0) is 18.9 Å². The molecule has 0 aliphatic carbocycles. The maximum absolute atomic E-state index is 11.5. The molecule has 19 heavy (non-hydrogen) atoms. The molecule has 102 valence electrons. The van der Waals surface area contributed by atoms with Crippen LogP contribution in [0.2, 0.25) is 0 Å². The van der Waals surface area contributed by atoms with Crippen molar-refractivity contribution in [1.29, 1.82) is 0 Å². The van der Waals surface area contributed by atoms with Gasteiger partial charge in [-0.1, -0.05) is 19.1 Å². The fourth-order valence-corrected chi connectivity index (χ4v) is 1.61. The van der Waals surface area contributed by atoms with Gasteiger partial charge < -0.3 is 4.74 Å². The fourth-order valence-electron chi connectivity index (χ4n) is 1.61. The van der Waals surface area contributed by atoms with Crippen molar-refractivity contribution in [2.75, 3.05) is 6.61 Å². The van der Waals surface area contributed by atoms with E-state index in [1.165, 1.54) is 12.1 Å². The maximum atomic E-state index is 11.5. The molecule has 1 aromatic rings. The maximum Gasteiger partial charge on any atom is 0.374 e. The molecule has 0 aliphatic heterocycles. The number of aryl methyl sites for hydroxylation is 1. The van der Waals surface area contributed by atoms with Crippen molar-refractivity contribution in [2.45, 2.75) is 26.7 Å². The third-order valence-electron chi connectivity index (χ3n) is 2.61. The summed E-state index contributed by atoms with van der Waals surface area (Å²) in [7, 11) is 0. The minimum atomic E-state index is -0.962. The van der Waals surface area contributed by atoms with Gasteiger partial charge in [0.2, 0.25) is 5.78 Å². The summed E-state index contributed by atoms with van der Waals surface area (Å²) in [5.41, 5.74) is 0.885. The van der Waals surface area contributed by atoms with Crippen molar-refractivity contribution < 1.29 is 19.2 Å². The van der Waals surface area contributed by atoms with E-state index >= 15 is 0 Å². The number of carbonyl (C=O) groups excluding carboxylic acids is 2. The molecule has 1 aromatic carbocycles. The van der Waals surface area contributed by atoms with Crippen molar-refractivity contribution >= 4 is 17.4 Å². The molecule has 0 radical (unpaired) electrons. The Bertz CT molecular complexity index is 510. The molecule has 0 amide bonds. The number of Topliss-reactive ketones (excluding diaryl/α,β-unsaturated/α-hetero) is 1. The number of hydrogen-bond acceptors (Lipinski definition) is 5. The van der Waals surface area contributed by atoms with Gasteiger partial charge in [-0.3, -0.25) is 14.9 Å². The Morgan fingerprint density at radius 2 is 2.00 bits per heavy atom. The van der Waals surface area contributed by atoms with Gasteiger partial charge in [0.15, 0.2) is 0 Å². The predicted molar refractivity (Wildman–Crippen MR) is 67.8 cm³/mol. The zero-order valence-corrected chi connectivity index (χ0v) is 10.8. The molecule has 6 heteroatoms. The van der Waals surface area contributed by atoms with Gasteiger partial charge in [-0.15, -0.1) is 0 Å². The van der Waals surface area contributed by atoms with E-state index in [0.29, 0.717) is 6.42 Å². The molecule has 0 saturated heterocycles. The molecule has 0 bridgehead atoms. The van der Waals surface area contributed by atoms with Crippen LogP contribution in [0.4, 0.5) is 5.69 Å². The minimum absolute atomic E-state index is 0.0986. The number of nitro benzene ring substituents is 1. The normalized spacial score (nSPS) is 10.0. The molecule has 0 aromatic heterocycles. The Balaban J connectivity index is 2.97. The van der Waals surface area contributed by atoms with E-state index in [-0.39, 0.29) is 24.3 Å². The van der Waals surface area contributed by atoms with Crippen LogP contribution >= 0.6 is 0 Å². The van der Waals surface area contributed by atoms with Crippen molar-refractivity contribution in [3.8, 4) is 0 Å². The Morgan fingerprint density at radius 3 is 2.53 bits per heavy atom. The molecular weight excluding hydrogens is 250 g/mol. The van der Waals surface area contributed by atoms with Gasteiger partial charge in [-0.2, -0.15) is 0 Å². The van der Waals surface area contributed by atoms with Crippen LogP contribution in [0.15, 0.2) is 18.2 Å². The zero-order valence-electron chi connectivity index (χ0n) is 10.8. The van der Waals surface area contributed by atoms with Gasteiger partial charge in [-0.25, -0.2) is 4.79 Å².